The molecule has 0 saturated carbocycles. The standard InChI is InChI=1S/C20H37N3O5/c1-12(22(8)18(27)28-20(5,6)7)15(21)14(19(2,3)4)16(24)23-11-9-10-13(23)17(25)26/h12-15H,9-11,21H2,1-8H3,(H,25,26)/t12-,13-,14-,15?/m0/s1. The Morgan fingerprint density at radius 1 is 1.18 bits per heavy atom. The van der Waals surface area contributed by atoms with E-state index in [1.807, 2.05) is 20.8 Å². The number of carbonyl (C=O) groups is 3. The van der Waals surface area contributed by atoms with Gasteiger partial charge in [-0.1, -0.05) is 20.8 Å². The number of likely N-dealkylation sites (tertiary alicyclic amines) is 1. The predicted molar refractivity (Wildman–Crippen MR) is 107 cm³/mol. The van der Waals surface area contributed by atoms with Gasteiger partial charge in [0.05, 0.1) is 5.92 Å². The zero-order valence-corrected chi connectivity index (χ0v) is 18.5. The van der Waals surface area contributed by atoms with Gasteiger partial charge in [0, 0.05) is 25.7 Å². The van der Waals surface area contributed by atoms with Crippen LogP contribution in [0, 0.1) is 11.3 Å². The monoisotopic (exact) mass is 399 g/mol. The Morgan fingerprint density at radius 2 is 1.71 bits per heavy atom. The SMILES string of the molecule is C[C@@H](C(N)[C@@H](C(=O)N1CCC[C@H]1C(=O)O)C(C)(C)C)N(C)C(=O)OC(C)(C)C. The molecule has 0 bridgehead atoms. The first-order chi connectivity index (χ1) is 12.6. The topological polar surface area (TPSA) is 113 Å². The molecule has 1 aliphatic rings. The van der Waals surface area contributed by atoms with Crippen molar-refractivity contribution < 1.29 is 24.2 Å². The molecule has 162 valence electrons. The van der Waals surface area contributed by atoms with Crippen molar-refractivity contribution >= 4 is 18.0 Å². The molecular formula is C20H37N3O5. The second kappa shape index (κ2) is 8.68. The zero-order chi connectivity index (χ0) is 22.0. The van der Waals surface area contributed by atoms with Crippen molar-refractivity contribution in [2.75, 3.05) is 13.6 Å². The highest BCUT2D eigenvalue weighted by Gasteiger charge is 2.46. The van der Waals surface area contributed by atoms with Crippen LogP contribution in [0.1, 0.15) is 61.3 Å². The van der Waals surface area contributed by atoms with Gasteiger partial charge >= 0.3 is 12.1 Å². The van der Waals surface area contributed by atoms with E-state index in [1.165, 1.54) is 9.80 Å². The van der Waals surface area contributed by atoms with E-state index in [4.69, 9.17) is 10.5 Å². The number of carboxylic acid groups (broad SMARTS) is 1. The maximum absolute atomic E-state index is 13.3. The molecule has 8 heteroatoms. The normalized spacial score (nSPS) is 21.0. The van der Waals surface area contributed by atoms with Gasteiger partial charge in [0.1, 0.15) is 11.6 Å². The highest BCUT2D eigenvalue weighted by atomic mass is 16.6. The first-order valence-corrected chi connectivity index (χ1v) is 9.82. The maximum Gasteiger partial charge on any atom is 0.410 e. The molecular weight excluding hydrogens is 362 g/mol. The van der Waals surface area contributed by atoms with E-state index in [1.54, 1.807) is 34.7 Å². The quantitative estimate of drug-likeness (QED) is 0.733. The van der Waals surface area contributed by atoms with Crippen LogP contribution in [0.15, 0.2) is 0 Å². The Labute approximate surface area is 168 Å². The number of rotatable bonds is 5. The molecule has 2 amide bonds. The molecule has 0 spiro atoms. The van der Waals surface area contributed by atoms with Crippen molar-refractivity contribution in [3.63, 3.8) is 0 Å². The lowest BCUT2D eigenvalue weighted by Gasteiger charge is -2.42. The third-order valence-electron chi connectivity index (χ3n) is 5.25. The summed E-state index contributed by atoms with van der Waals surface area (Å²) in [5.41, 5.74) is 5.35. The third-order valence-corrected chi connectivity index (χ3v) is 5.25. The van der Waals surface area contributed by atoms with E-state index in [9.17, 15) is 19.5 Å². The van der Waals surface area contributed by atoms with Crippen LogP contribution >= 0.6 is 0 Å². The minimum Gasteiger partial charge on any atom is -0.480 e. The predicted octanol–water partition coefficient (Wildman–Crippen LogP) is 2.31. The minimum atomic E-state index is -0.994. The number of likely N-dealkylation sites (N-methyl/N-ethyl adjacent to an activating group) is 1. The van der Waals surface area contributed by atoms with Gasteiger partial charge in [0.15, 0.2) is 0 Å². The van der Waals surface area contributed by atoms with Crippen LogP contribution in [-0.4, -0.2) is 70.2 Å². The molecule has 0 aromatic rings. The summed E-state index contributed by atoms with van der Waals surface area (Å²) in [7, 11) is 1.60. The van der Waals surface area contributed by atoms with Crippen LogP contribution in [0.5, 0.6) is 0 Å². The number of aliphatic carboxylic acids is 1. The molecule has 1 fully saturated rings. The van der Waals surface area contributed by atoms with E-state index in [0.29, 0.717) is 19.4 Å². The van der Waals surface area contributed by atoms with Gasteiger partial charge in [-0.3, -0.25) is 4.79 Å². The number of amides is 2. The molecule has 0 radical (unpaired) electrons. The molecule has 8 nitrogen and oxygen atoms in total. The Hall–Kier alpha value is -1.83. The Bertz CT molecular complexity index is 594. The van der Waals surface area contributed by atoms with Crippen molar-refractivity contribution in [2.45, 2.75) is 85.0 Å². The molecule has 28 heavy (non-hydrogen) atoms. The van der Waals surface area contributed by atoms with Gasteiger partial charge in [-0.2, -0.15) is 0 Å². The molecule has 1 saturated heterocycles. The summed E-state index contributed by atoms with van der Waals surface area (Å²) in [6, 6.07) is -1.97. The molecule has 0 aliphatic carbocycles. The fraction of sp³-hybridized carbons (Fsp3) is 0.850. The Morgan fingerprint density at radius 3 is 2.14 bits per heavy atom. The molecule has 3 N–H and O–H groups in total. The molecule has 1 unspecified atom stereocenters. The van der Waals surface area contributed by atoms with Crippen LogP contribution < -0.4 is 5.73 Å². The number of carbonyl (C=O) groups excluding carboxylic acids is 2. The second-order valence-electron chi connectivity index (χ2n) is 9.78. The van der Waals surface area contributed by atoms with Crippen molar-refractivity contribution in [2.24, 2.45) is 17.1 Å². The van der Waals surface area contributed by atoms with Gasteiger partial charge in [-0.05, 0) is 46.0 Å². The molecule has 1 rings (SSSR count). The first kappa shape index (κ1) is 24.2. The smallest absolute Gasteiger partial charge is 0.410 e. The summed E-state index contributed by atoms with van der Waals surface area (Å²) in [4.78, 5) is 40.1. The van der Waals surface area contributed by atoms with Crippen LogP contribution in [0.4, 0.5) is 4.79 Å². The maximum atomic E-state index is 13.3. The van der Waals surface area contributed by atoms with Gasteiger partial charge in [-0.25, -0.2) is 9.59 Å². The second-order valence-corrected chi connectivity index (χ2v) is 9.78. The number of nitrogens with two attached hydrogens (primary N) is 1. The van der Waals surface area contributed by atoms with Crippen LogP contribution in [0.25, 0.3) is 0 Å². The van der Waals surface area contributed by atoms with E-state index < -0.39 is 47.1 Å². The van der Waals surface area contributed by atoms with Crippen molar-refractivity contribution in [3.8, 4) is 0 Å². The average molecular weight is 400 g/mol. The van der Waals surface area contributed by atoms with E-state index in [-0.39, 0.29) is 5.91 Å². The van der Waals surface area contributed by atoms with E-state index >= 15 is 0 Å². The molecule has 0 aromatic heterocycles. The summed E-state index contributed by atoms with van der Waals surface area (Å²) in [6.07, 6.45) is 0.586. The van der Waals surface area contributed by atoms with Gasteiger partial charge in [-0.15, -0.1) is 0 Å². The molecule has 1 aliphatic heterocycles. The van der Waals surface area contributed by atoms with Crippen LogP contribution in [-0.2, 0) is 14.3 Å². The lowest BCUT2D eigenvalue weighted by Crippen LogP contribution is -2.59. The van der Waals surface area contributed by atoms with E-state index in [2.05, 4.69) is 0 Å². The zero-order valence-electron chi connectivity index (χ0n) is 18.5. The summed E-state index contributed by atoms with van der Waals surface area (Å²) < 4.78 is 5.40. The fourth-order valence-corrected chi connectivity index (χ4v) is 3.62. The van der Waals surface area contributed by atoms with Crippen LogP contribution in [0.3, 0.4) is 0 Å². The summed E-state index contributed by atoms with van der Waals surface area (Å²) in [5.74, 6) is -1.91. The summed E-state index contributed by atoms with van der Waals surface area (Å²) >= 11 is 0. The lowest BCUT2D eigenvalue weighted by molar-refractivity contribution is -0.152. The van der Waals surface area contributed by atoms with E-state index in [0.717, 1.165) is 0 Å². The average Bonchev–Trinajstić information content (AvgIpc) is 3.00. The van der Waals surface area contributed by atoms with Crippen molar-refractivity contribution in [1.29, 1.82) is 0 Å². The molecule has 1 heterocycles. The van der Waals surface area contributed by atoms with Gasteiger partial charge in [0.25, 0.3) is 0 Å². The Kier molecular flexibility index (Phi) is 7.50. The summed E-state index contributed by atoms with van der Waals surface area (Å²) in [5, 5.41) is 9.44. The minimum absolute atomic E-state index is 0.269. The number of carboxylic acids is 1. The first-order valence-electron chi connectivity index (χ1n) is 9.82. The number of hydrogen-bond donors (Lipinski definition) is 2. The molecule has 4 atom stereocenters. The largest absolute Gasteiger partial charge is 0.480 e. The summed E-state index contributed by atoms with van der Waals surface area (Å²) in [6.45, 7) is 13.2. The number of nitrogens with zero attached hydrogens (tertiary/aromatic N) is 2. The lowest BCUT2D eigenvalue weighted by atomic mass is 9.73. The molecule has 0 aromatic carbocycles. The third kappa shape index (κ3) is 5.83. The number of ether oxygens (including phenoxy) is 1. The van der Waals surface area contributed by atoms with Crippen LogP contribution in [0.2, 0.25) is 0 Å². The van der Waals surface area contributed by atoms with Crippen molar-refractivity contribution in [1.82, 2.24) is 9.80 Å². The number of hydrogen-bond acceptors (Lipinski definition) is 5. The highest BCUT2D eigenvalue weighted by molar-refractivity contribution is 5.86. The van der Waals surface area contributed by atoms with Gasteiger partial charge < -0.3 is 25.4 Å². The highest BCUT2D eigenvalue weighted by Crippen LogP contribution is 2.34. The fourth-order valence-electron chi connectivity index (χ4n) is 3.62. The van der Waals surface area contributed by atoms with Crippen molar-refractivity contribution in [3.05, 3.63) is 0 Å². The Balaban J connectivity index is 3.08. The van der Waals surface area contributed by atoms with Gasteiger partial charge in [0.2, 0.25) is 5.91 Å².